The van der Waals surface area contributed by atoms with Gasteiger partial charge in [-0.3, -0.25) is 4.98 Å². The standard InChI is InChI=1S/C15H17NO/c1-11-9-13(15(10-17)7-4-8-15)12-5-2-3-6-14(12)16-11/h2-3,5-6,9,17H,4,7-8,10H2,1H3. The van der Waals surface area contributed by atoms with Gasteiger partial charge < -0.3 is 5.11 Å². The summed E-state index contributed by atoms with van der Waals surface area (Å²) in [7, 11) is 0. The summed E-state index contributed by atoms with van der Waals surface area (Å²) >= 11 is 0. The summed E-state index contributed by atoms with van der Waals surface area (Å²) in [5.41, 5.74) is 3.36. The van der Waals surface area contributed by atoms with Crippen LogP contribution in [0.5, 0.6) is 0 Å². The van der Waals surface area contributed by atoms with E-state index in [2.05, 4.69) is 23.2 Å². The van der Waals surface area contributed by atoms with Crippen LogP contribution in [0.4, 0.5) is 0 Å². The number of aryl methyl sites for hydroxylation is 1. The molecule has 0 bridgehead atoms. The summed E-state index contributed by atoms with van der Waals surface area (Å²) in [5, 5.41) is 10.9. The Bertz CT molecular complexity index is 552. The molecule has 1 N–H and O–H groups in total. The lowest BCUT2D eigenvalue weighted by Crippen LogP contribution is -2.38. The molecule has 1 fully saturated rings. The Morgan fingerprint density at radius 2 is 2.06 bits per heavy atom. The van der Waals surface area contributed by atoms with Crippen LogP contribution in [0.1, 0.15) is 30.5 Å². The highest BCUT2D eigenvalue weighted by atomic mass is 16.3. The van der Waals surface area contributed by atoms with E-state index in [0.717, 1.165) is 24.1 Å². The number of aliphatic hydroxyl groups is 1. The van der Waals surface area contributed by atoms with Crippen molar-refractivity contribution in [3.05, 3.63) is 41.6 Å². The summed E-state index contributed by atoms with van der Waals surface area (Å²) in [4.78, 5) is 4.56. The second-order valence-electron chi connectivity index (χ2n) is 5.12. The van der Waals surface area contributed by atoms with Crippen LogP contribution in [0.2, 0.25) is 0 Å². The number of aromatic nitrogens is 1. The molecular weight excluding hydrogens is 210 g/mol. The van der Waals surface area contributed by atoms with E-state index in [1.807, 2.05) is 19.1 Å². The van der Waals surface area contributed by atoms with E-state index < -0.39 is 0 Å². The van der Waals surface area contributed by atoms with Crippen LogP contribution in [0.15, 0.2) is 30.3 Å². The molecule has 0 radical (unpaired) electrons. The molecule has 2 nitrogen and oxygen atoms in total. The fourth-order valence-electron chi connectivity index (χ4n) is 2.86. The lowest BCUT2D eigenvalue weighted by atomic mass is 9.64. The third kappa shape index (κ3) is 1.55. The van der Waals surface area contributed by atoms with E-state index in [1.165, 1.54) is 17.4 Å². The van der Waals surface area contributed by atoms with Crippen molar-refractivity contribution in [3.63, 3.8) is 0 Å². The van der Waals surface area contributed by atoms with Crippen LogP contribution in [-0.4, -0.2) is 16.7 Å². The van der Waals surface area contributed by atoms with Crippen LogP contribution in [-0.2, 0) is 5.41 Å². The smallest absolute Gasteiger partial charge is 0.0708 e. The molecule has 0 saturated heterocycles. The zero-order valence-electron chi connectivity index (χ0n) is 10.1. The van der Waals surface area contributed by atoms with Gasteiger partial charge in [-0.15, -0.1) is 0 Å². The molecule has 3 rings (SSSR count). The monoisotopic (exact) mass is 227 g/mol. The molecule has 17 heavy (non-hydrogen) atoms. The Morgan fingerprint density at radius 1 is 1.29 bits per heavy atom. The maximum atomic E-state index is 9.72. The molecule has 1 aromatic heterocycles. The van der Waals surface area contributed by atoms with Gasteiger partial charge in [-0.05, 0) is 37.5 Å². The molecule has 2 heteroatoms. The molecule has 2 aromatic rings. The van der Waals surface area contributed by atoms with Crippen molar-refractivity contribution in [2.24, 2.45) is 0 Å². The minimum absolute atomic E-state index is 0.00664. The number of aliphatic hydroxyl groups excluding tert-OH is 1. The van der Waals surface area contributed by atoms with Crippen LogP contribution < -0.4 is 0 Å². The summed E-state index contributed by atoms with van der Waals surface area (Å²) in [5.74, 6) is 0. The third-order valence-electron chi connectivity index (χ3n) is 4.03. The molecule has 0 unspecified atom stereocenters. The molecular formula is C15H17NO. The number of benzene rings is 1. The van der Waals surface area contributed by atoms with Crippen LogP contribution >= 0.6 is 0 Å². The van der Waals surface area contributed by atoms with E-state index in [4.69, 9.17) is 0 Å². The molecule has 1 aliphatic carbocycles. The van der Waals surface area contributed by atoms with Crippen molar-refractivity contribution in [1.29, 1.82) is 0 Å². The van der Waals surface area contributed by atoms with Gasteiger partial charge in [-0.25, -0.2) is 0 Å². The number of hydrogen-bond donors (Lipinski definition) is 1. The normalized spacial score (nSPS) is 18.0. The highest BCUT2D eigenvalue weighted by Crippen LogP contribution is 2.45. The van der Waals surface area contributed by atoms with Crippen LogP contribution in [0.25, 0.3) is 10.9 Å². The summed E-state index contributed by atoms with van der Waals surface area (Å²) in [6.45, 7) is 2.28. The molecule has 1 saturated carbocycles. The van der Waals surface area contributed by atoms with Gasteiger partial charge in [0.15, 0.2) is 0 Å². The Hall–Kier alpha value is -1.41. The van der Waals surface area contributed by atoms with Crippen molar-refractivity contribution < 1.29 is 5.11 Å². The van der Waals surface area contributed by atoms with Crippen molar-refractivity contribution in [1.82, 2.24) is 4.98 Å². The average molecular weight is 227 g/mol. The molecule has 1 aliphatic rings. The first-order valence-corrected chi connectivity index (χ1v) is 6.23. The highest BCUT2D eigenvalue weighted by molar-refractivity contribution is 5.83. The first-order chi connectivity index (χ1) is 8.25. The quantitative estimate of drug-likeness (QED) is 0.855. The third-order valence-corrected chi connectivity index (χ3v) is 4.03. The molecule has 1 aromatic carbocycles. The summed E-state index contributed by atoms with van der Waals surface area (Å²) in [6, 6.07) is 10.4. The van der Waals surface area contributed by atoms with E-state index in [1.54, 1.807) is 0 Å². The van der Waals surface area contributed by atoms with Gasteiger partial charge in [0.1, 0.15) is 0 Å². The van der Waals surface area contributed by atoms with Crippen molar-refractivity contribution in [2.75, 3.05) is 6.61 Å². The highest BCUT2D eigenvalue weighted by Gasteiger charge is 2.39. The number of nitrogens with zero attached hydrogens (tertiary/aromatic N) is 1. The lowest BCUT2D eigenvalue weighted by molar-refractivity contribution is 0.121. The van der Waals surface area contributed by atoms with Gasteiger partial charge in [-0.1, -0.05) is 24.6 Å². The van der Waals surface area contributed by atoms with E-state index in [9.17, 15) is 5.11 Å². The molecule has 0 amide bonds. The number of fused-ring (bicyclic) bond motifs is 1. The van der Waals surface area contributed by atoms with Crippen molar-refractivity contribution in [2.45, 2.75) is 31.6 Å². The van der Waals surface area contributed by atoms with Crippen molar-refractivity contribution >= 4 is 10.9 Å². The maximum absolute atomic E-state index is 9.72. The first kappa shape index (κ1) is 10.7. The fourth-order valence-corrected chi connectivity index (χ4v) is 2.86. The second-order valence-corrected chi connectivity index (χ2v) is 5.12. The summed E-state index contributed by atoms with van der Waals surface area (Å²) in [6.07, 6.45) is 3.41. The van der Waals surface area contributed by atoms with Gasteiger partial charge in [0, 0.05) is 16.5 Å². The number of hydrogen-bond acceptors (Lipinski definition) is 2. The Balaban J connectivity index is 2.27. The second kappa shape index (κ2) is 3.81. The van der Waals surface area contributed by atoms with Crippen LogP contribution in [0, 0.1) is 6.92 Å². The van der Waals surface area contributed by atoms with Crippen molar-refractivity contribution in [3.8, 4) is 0 Å². The molecule has 0 spiro atoms. The van der Waals surface area contributed by atoms with Gasteiger partial charge >= 0.3 is 0 Å². The molecule has 88 valence electrons. The Labute approximate surface area is 101 Å². The maximum Gasteiger partial charge on any atom is 0.0708 e. The average Bonchev–Trinajstić information content (AvgIpc) is 2.28. The zero-order valence-corrected chi connectivity index (χ0v) is 10.1. The van der Waals surface area contributed by atoms with E-state index in [-0.39, 0.29) is 12.0 Å². The van der Waals surface area contributed by atoms with Gasteiger partial charge in [0.25, 0.3) is 0 Å². The SMILES string of the molecule is Cc1cc(C2(CO)CCC2)c2ccccc2n1. The summed E-state index contributed by atoms with van der Waals surface area (Å²) < 4.78 is 0. The Morgan fingerprint density at radius 3 is 2.71 bits per heavy atom. The van der Waals surface area contributed by atoms with Gasteiger partial charge in [0.05, 0.1) is 12.1 Å². The van der Waals surface area contributed by atoms with Crippen LogP contribution in [0.3, 0.4) is 0 Å². The number of para-hydroxylation sites is 1. The minimum Gasteiger partial charge on any atom is -0.395 e. The zero-order chi connectivity index (χ0) is 11.9. The number of rotatable bonds is 2. The fraction of sp³-hybridized carbons (Fsp3) is 0.400. The van der Waals surface area contributed by atoms with E-state index in [0.29, 0.717) is 0 Å². The predicted octanol–water partition coefficient (Wildman–Crippen LogP) is 2.96. The minimum atomic E-state index is -0.00664. The molecule has 0 aliphatic heterocycles. The lowest BCUT2D eigenvalue weighted by Gasteiger charge is -2.41. The van der Waals surface area contributed by atoms with E-state index >= 15 is 0 Å². The Kier molecular flexibility index (Phi) is 2.40. The first-order valence-electron chi connectivity index (χ1n) is 6.23. The molecule has 0 atom stereocenters. The predicted molar refractivity (Wildman–Crippen MR) is 69.1 cm³/mol. The largest absolute Gasteiger partial charge is 0.395 e. The van der Waals surface area contributed by atoms with Gasteiger partial charge in [0.2, 0.25) is 0 Å². The topological polar surface area (TPSA) is 33.1 Å². The van der Waals surface area contributed by atoms with Gasteiger partial charge in [-0.2, -0.15) is 0 Å². The molecule has 1 heterocycles. The number of pyridine rings is 1.